The lowest BCUT2D eigenvalue weighted by atomic mass is 10.2. The van der Waals surface area contributed by atoms with Gasteiger partial charge in [-0.15, -0.1) is 0 Å². The van der Waals surface area contributed by atoms with E-state index in [0.29, 0.717) is 13.2 Å². The second-order valence-electron chi connectivity index (χ2n) is 2.83. The second-order valence-corrected chi connectivity index (χ2v) is 2.83. The van der Waals surface area contributed by atoms with Crippen LogP contribution in [-0.4, -0.2) is 39.4 Å². The molecule has 0 amide bonds. The van der Waals surface area contributed by atoms with E-state index >= 15 is 0 Å². The third-order valence-electron chi connectivity index (χ3n) is 1.68. The first-order valence-electron chi connectivity index (χ1n) is 4.58. The number of carbonyl (C=O) groups excluding carboxylic acids is 1. The minimum Gasteiger partial charge on any atom is -0.469 e. The van der Waals surface area contributed by atoms with Crippen LogP contribution in [0.5, 0.6) is 0 Å². The molecule has 0 fully saturated rings. The third-order valence-corrected chi connectivity index (χ3v) is 1.68. The van der Waals surface area contributed by atoms with E-state index in [1.54, 1.807) is 0 Å². The summed E-state index contributed by atoms with van der Waals surface area (Å²) in [5.74, 6) is -0.268. The van der Waals surface area contributed by atoms with Crippen LogP contribution < -0.4 is 5.32 Å². The molecule has 0 aliphatic carbocycles. The average Bonchev–Trinajstić information content (AvgIpc) is 2.16. The second kappa shape index (κ2) is 8.01. The third kappa shape index (κ3) is 6.54. The van der Waals surface area contributed by atoms with Crippen molar-refractivity contribution < 1.29 is 14.3 Å². The first kappa shape index (κ1) is 12.4. The molecule has 0 heterocycles. The normalized spacial score (nSPS) is 12.5. The highest BCUT2D eigenvalue weighted by Crippen LogP contribution is 1.94. The molecular weight excluding hydrogens is 170 g/mol. The lowest BCUT2D eigenvalue weighted by molar-refractivity contribution is -0.144. The molecule has 4 heteroatoms. The Labute approximate surface area is 79.6 Å². The molecule has 0 aromatic carbocycles. The van der Waals surface area contributed by atoms with E-state index < -0.39 is 0 Å². The number of rotatable bonds is 7. The zero-order valence-electron chi connectivity index (χ0n) is 8.63. The van der Waals surface area contributed by atoms with Gasteiger partial charge in [-0.25, -0.2) is 0 Å². The summed E-state index contributed by atoms with van der Waals surface area (Å²) in [6.07, 6.45) is 0. The standard InChI is InChI=1S/C9H19NO3/c1-4-13-6-5-10-7-8(2)9(11)12-3/h8,10H,4-7H2,1-3H3/t8-/m0/s1. The SMILES string of the molecule is CCOCCNC[C@H](C)C(=O)OC. The zero-order chi connectivity index (χ0) is 10.1. The number of methoxy groups -OCH3 is 1. The summed E-state index contributed by atoms with van der Waals surface area (Å²) in [6, 6.07) is 0. The van der Waals surface area contributed by atoms with Crippen LogP contribution in [0.4, 0.5) is 0 Å². The highest BCUT2D eigenvalue weighted by molar-refractivity contribution is 5.71. The van der Waals surface area contributed by atoms with Crippen molar-refractivity contribution in [3.8, 4) is 0 Å². The first-order valence-corrected chi connectivity index (χ1v) is 4.58. The zero-order valence-corrected chi connectivity index (χ0v) is 8.63. The van der Waals surface area contributed by atoms with Gasteiger partial charge in [-0.3, -0.25) is 4.79 Å². The highest BCUT2D eigenvalue weighted by Gasteiger charge is 2.11. The van der Waals surface area contributed by atoms with E-state index in [1.165, 1.54) is 7.11 Å². The molecule has 78 valence electrons. The number of carbonyl (C=O) groups is 1. The van der Waals surface area contributed by atoms with Crippen LogP contribution in [0.1, 0.15) is 13.8 Å². The molecule has 0 radical (unpaired) electrons. The summed E-state index contributed by atoms with van der Waals surface area (Å²) < 4.78 is 9.70. The quantitative estimate of drug-likeness (QED) is 0.466. The monoisotopic (exact) mass is 189 g/mol. The topological polar surface area (TPSA) is 47.6 Å². The van der Waals surface area contributed by atoms with Crippen LogP contribution in [0.25, 0.3) is 0 Å². The number of esters is 1. The Morgan fingerprint density at radius 2 is 2.23 bits per heavy atom. The van der Waals surface area contributed by atoms with E-state index in [1.807, 2.05) is 13.8 Å². The van der Waals surface area contributed by atoms with Gasteiger partial charge in [0.15, 0.2) is 0 Å². The Bertz CT molecular complexity index is 139. The maximum absolute atomic E-state index is 10.9. The van der Waals surface area contributed by atoms with Gasteiger partial charge < -0.3 is 14.8 Å². The summed E-state index contributed by atoms with van der Waals surface area (Å²) in [4.78, 5) is 10.9. The minimum absolute atomic E-state index is 0.0911. The molecule has 0 aliphatic rings. The van der Waals surface area contributed by atoms with Gasteiger partial charge in [0.05, 0.1) is 19.6 Å². The van der Waals surface area contributed by atoms with Crippen molar-refractivity contribution in [1.82, 2.24) is 5.32 Å². The van der Waals surface area contributed by atoms with E-state index in [-0.39, 0.29) is 11.9 Å². The maximum Gasteiger partial charge on any atom is 0.309 e. The lowest BCUT2D eigenvalue weighted by Crippen LogP contribution is -2.29. The molecule has 4 nitrogen and oxygen atoms in total. The molecule has 0 unspecified atom stereocenters. The summed E-state index contributed by atoms with van der Waals surface area (Å²) in [6.45, 7) is 6.62. The van der Waals surface area contributed by atoms with Crippen molar-refractivity contribution in [2.45, 2.75) is 13.8 Å². The molecule has 0 spiro atoms. The fraction of sp³-hybridized carbons (Fsp3) is 0.889. The van der Waals surface area contributed by atoms with Crippen LogP contribution in [0.15, 0.2) is 0 Å². The highest BCUT2D eigenvalue weighted by atomic mass is 16.5. The van der Waals surface area contributed by atoms with E-state index in [0.717, 1.165) is 13.2 Å². The number of nitrogens with one attached hydrogen (secondary N) is 1. The van der Waals surface area contributed by atoms with E-state index in [4.69, 9.17) is 4.74 Å². The maximum atomic E-state index is 10.9. The lowest BCUT2D eigenvalue weighted by Gasteiger charge is -2.09. The van der Waals surface area contributed by atoms with Gasteiger partial charge in [0.1, 0.15) is 0 Å². The predicted molar refractivity (Wildman–Crippen MR) is 50.5 cm³/mol. The van der Waals surface area contributed by atoms with Crippen molar-refractivity contribution in [3.05, 3.63) is 0 Å². The average molecular weight is 189 g/mol. The van der Waals surface area contributed by atoms with Gasteiger partial charge in [0.25, 0.3) is 0 Å². The molecule has 0 saturated carbocycles. The number of hydrogen-bond donors (Lipinski definition) is 1. The number of hydrogen-bond acceptors (Lipinski definition) is 4. The summed E-state index contributed by atoms with van der Waals surface area (Å²) in [5.41, 5.74) is 0. The van der Waals surface area contributed by atoms with Crippen LogP contribution in [0.2, 0.25) is 0 Å². The Hall–Kier alpha value is -0.610. The summed E-state index contributed by atoms with van der Waals surface area (Å²) >= 11 is 0. The van der Waals surface area contributed by atoms with Gasteiger partial charge >= 0.3 is 5.97 Å². The Kier molecular flexibility index (Phi) is 7.63. The summed E-state index contributed by atoms with van der Waals surface area (Å²) in [5, 5.41) is 3.11. The molecule has 0 aromatic rings. The van der Waals surface area contributed by atoms with Gasteiger partial charge in [-0.1, -0.05) is 6.92 Å². The minimum atomic E-state index is -0.177. The fourth-order valence-electron chi connectivity index (χ4n) is 0.892. The Morgan fingerprint density at radius 3 is 2.77 bits per heavy atom. The number of ether oxygens (including phenoxy) is 2. The molecule has 0 saturated heterocycles. The molecule has 0 aliphatic heterocycles. The van der Waals surface area contributed by atoms with Crippen LogP contribution in [0.3, 0.4) is 0 Å². The molecule has 0 bridgehead atoms. The molecular formula is C9H19NO3. The van der Waals surface area contributed by atoms with Gasteiger partial charge in [-0.05, 0) is 6.92 Å². The van der Waals surface area contributed by atoms with Gasteiger partial charge in [0.2, 0.25) is 0 Å². The Morgan fingerprint density at radius 1 is 1.54 bits per heavy atom. The molecule has 0 rings (SSSR count). The van der Waals surface area contributed by atoms with Crippen LogP contribution in [-0.2, 0) is 14.3 Å². The van der Waals surface area contributed by atoms with E-state index in [2.05, 4.69) is 10.1 Å². The summed E-state index contributed by atoms with van der Waals surface area (Å²) in [7, 11) is 1.40. The van der Waals surface area contributed by atoms with Crippen molar-refractivity contribution in [1.29, 1.82) is 0 Å². The predicted octanol–water partition coefficient (Wildman–Crippen LogP) is 0.422. The molecule has 1 N–H and O–H groups in total. The largest absolute Gasteiger partial charge is 0.469 e. The van der Waals surface area contributed by atoms with Crippen molar-refractivity contribution >= 4 is 5.97 Å². The van der Waals surface area contributed by atoms with Crippen molar-refractivity contribution in [2.75, 3.05) is 33.4 Å². The van der Waals surface area contributed by atoms with Crippen LogP contribution >= 0.6 is 0 Å². The molecule has 0 aromatic heterocycles. The molecule has 13 heavy (non-hydrogen) atoms. The Balaban J connectivity index is 3.26. The first-order chi connectivity index (χ1) is 6.22. The van der Waals surface area contributed by atoms with Crippen molar-refractivity contribution in [2.24, 2.45) is 5.92 Å². The smallest absolute Gasteiger partial charge is 0.309 e. The van der Waals surface area contributed by atoms with Gasteiger partial charge in [0, 0.05) is 19.7 Å². The van der Waals surface area contributed by atoms with Crippen LogP contribution in [0, 0.1) is 5.92 Å². The van der Waals surface area contributed by atoms with Crippen molar-refractivity contribution in [3.63, 3.8) is 0 Å². The fourth-order valence-corrected chi connectivity index (χ4v) is 0.892. The molecule has 1 atom stereocenters. The van der Waals surface area contributed by atoms with E-state index in [9.17, 15) is 4.79 Å². The van der Waals surface area contributed by atoms with Gasteiger partial charge in [-0.2, -0.15) is 0 Å².